The topological polar surface area (TPSA) is 144 Å². The van der Waals surface area contributed by atoms with Gasteiger partial charge in [0.25, 0.3) is 15.9 Å². The summed E-state index contributed by atoms with van der Waals surface area (Å²) in [6.07, 6.45) is 0.874. The fourth-order valence-corrected chi connectivity index (χ4v) is 6.20. The molecule has 0 atom stereocenters. The van der Waals surface area contributed by atoms with Crippen molar-refractivity contribution in [1.29, 1.82) is 0 Å². The Balaban J connectivity index is 1.32. The van der Waals surface area contributed by atoms with Gasteiger partial charge in [0.05, 0.1) is 17.8 Å². The van der Waals surface area contributed by atoms with Crippen molar-refractivity contribution in [1.82, 2.24) is 25.6 Å². The molecule has 0 spiro atoms. The fourth-order valence-electron chi connectivity index (χ4n) is 4.39. The van der Waals surface area contributed by atoms with Gasteiger partial charge in [0.15, 0.2) is 11.0 Å². The summed E-state index contributed by atoms with van der Waals surface area (Å²) >= 11 is 1.16. The molecule has 1 aromatic heterocycles. The van der Waals surface area contributed by atoms with Crippen LogP contribution in [0.3, 0.4) is 0 Å². The smallest absolute Gasteiger partial charge is 0.269 e. The van der Waals surface area contributed by atoms with Crippen molar-refractivity contribution < 1.29 is 22.7 Å². The van der Waals surface area contributed by atoms with Crippen LogP contribution >= 0.6 is 11.8 Å². The third-order valence-electron chi connectivity index (χ3n) is 6.96. The van der Waals surface area contributed by atoms with Crippen LogP contribution in [0.2, 0.25) is 0 Å². The summed E-state index contributed by atoms with van der Waals surface area (Å²) in [6, 6.07) is 27.9. The van der Waals surface area contributed by atoms with Crippen LogP contribution in [-0.2, 0) is 21.2 Å². The first-order valence-electron chi connectivity index (χ1n) is 14.3. The maximum Gasteiger partial charge on any atom is 0.269 e. The first-order valence-corrected chi connectivity index (χ1v) is 16.7. The summed E-state index contributed by atoms with van der Waals surface area (Å²) in [5.74, 6) is 0.173. The van der Waals surface area contributed by atoms with Crippen molar-refractivity contribution in [3.8, 4) is 22.8 Å². The average molecular weight is 657 g/mol. The Morgan fingerprint density at radius 3 is 2.15 bits per heavy atom. The molecule has 0 unspecified atom stereocenters. The predicted molar refractivity (Wildman–Crippen MR) is 177 cm³/mol. The number of hydrazine groups is 1. The highest BCUT2D eigenvalue weighted by molar-refractivity contribution is 7.99. The Morgan fingerprint density at radius 1 is 0.848 bits per heavy atom. The number of carbonyl (C=O) groups excluding carboxylic acids is 2. The molecule has 4 aromatic carbocycles. The number of nitrogens with zero attached hydrogens (tertiary/aromatic N) is 3. The summed E-state index contributed by atoms with van der Waals surface area (Å²) in [4.78, 5) is 25.2. The van der Waals surface area contributed by atoms with Crippen LogP contribution in [0.4, 0.5) is 5.69 Å². The highest BCUT2D eigenvalue weighted by Crippen LogP contribution is 2.29. The molecule has 2 amide bonds. The largest absolute Gasteiger partial charge is 0.497 e. The lowest BCUT2D eigenvalue weighted by Gasteiger charge is -2.12. The van der Waals surface area contributed by atoms with Crippen LogP contribution in [0, 0.1) is 6.92 Å². The minimum Gasteiger partial charge on any atom is -0.497 e. The summed E-state index contributed by atoms with van der Waals surface area (Å²) in [6.45, 7) is 3.96. The van der Waals surface area contributed by atoms with Crippen LogP contribution in [0.15, 0.2) is 107 Å². The molecule has 0 bridgehead atoms. The van der Waals surface area contributed by atoms with Crippen LogP contribution < -0.4 is 20.3 Å². The molecule has 0 fully saturated rings. The molecular formula is C33H32N6O5S2. The number of sulfonamides is 1. The number of aryl methyl sites for hydroxylation is 2. The van der Waals surface area contributed by atoms with E-state index in [9.17, 15) is 18.0 Å². The average Bonchev–Trinajstić information content (AvgIpc) is 3.50. The zero-order chi connectivity index (χ0) is 32.7. The summed E-state index contributed by atoms with van der Waals surface area (Å²) < 4.78 is 35.3. The molecule has 5 aromatic rings. The van der Waals surface area contributed by atoms with Gasteiger partial charge in [-0.15, -0.1) is 10.2 Å². The zero-order valence-electron chi connectivity index (χ0n) is 25.4. The fraction of sp³-hybridized carbons (Fsp3) is 0.152. The van der Waals surface area contributed by atoms with E-state index in [2.05, 4.69) is 32.7 Å². The number of benzene rings is 4. The molecule has 0 aliphatic carbocycles. The van der Waals surface area contributed by atoms with E-state index in [0.29, 0.717) is 33.5 Å². The number of carbonyl (C=O) groups is 2. The van der Waals surface area contributed by atoms with Crippen LogP contribution in [-0.4, -0.2) is 47.9 Å². The minimum atomic E-state index is -3.76. The van der Waals surface area contributed by atoms with E-state index in [-0.39, 0.29) is 10.6 Å². The van der Waals surface area contributed by atoms with E-state index in [4.69, 9.17) is 4.74 Å². The van der Waals surface area contributed by atoms with Gasteiger partial charge >= 0.3 is 0 Å². The van der Waals surface area contributed by atoms with Crippen molar-refractivity contribution in [3.63, 3.8) is 0 Å². The monoisotopic (exact) mass is 656 g/mol. The van der Waals surface area contributed by atoms with E-state index < -0.39 is 21.8 Å². The SMILES string of the molecule is CCc1ccc(-n2c(SCC(=O)NNC(=O)c3ccc(OC)cc3)nnc2-c2ccc(NS(=O)(=O)c3ccc(C)cc3)cc2)cc1. The molecule has 46 heavy (non-hydrogen) atoms. The summed E-state index contributed by atoms with van der Waals surface area (Å²) in [5.41, 5.74) is 9.20. The Bertz CT molecular complexity index is 1930. The Kier molecular flexibility index (Phi) is 10.0. The number of hydrogen-bond acceptors (Lipinski definition) is 8. The number of ether oxygens (including phenoxy) is 1. The van der Waals surface area contributed by atoms with E-state index in [1.54, 1.807) is 72.8 Å². The van der Waals surface area contributed by atoms with Gasteiger partial charge in [0.2, 0.25) is 5.91 Å². The van der Waals surface area contributed by atoms with Gasteiger partial charge in [0.1, 0.15) is 5.75 Å². The second kappa shape index (κ2) is 14.3. The third kappa shape index (κ3) is 7.73. The summed E-state index contributed by atoms with van der Waals surface area (Å²) in [5, 5.41) is 9.23. The highest BCUT2D eigenvalue weighted by Gasteiger charge is 2.19. The second-order valence-corrected chi connectivity index (χ2v) is 12.8. The maximum atomic E-state index is 12.9. The van der Waals surface area contributed by atoms with E-state index in [1.165, 1.54) is 7.11 Å². The van der Waals surface area contributed by atoms with Crippen LogP contribution in [0.1, 0.15) is 28.4 Å². The molecule has 0 aliphatic rings. The van der Waals surface area contributed by atoms with Gasteiger partial charge in [-0.3, -0.25) is 29.7 Å². The van der Waals surface area contributed by atoms with Gasteiger partial charge in [-0.05, 0) is 91.7 Å². The third-order valence-corrected chi connectivity index (χ3v) is 9.29. The van der Waals surface area contributed by atoms with E-state index >= 15 is 0 Å². The van der Waals surface area contributed by atoms with Crippen molar-refractivity contribution in [2.24, 2.45) is 0 Å². The van der Waals surface area contributed by atoms with Gasteiger partial charge in [0, 0.05) is 22.5 Å². The number of methoxy groups -OCH3 is 1. The van der Waals surface area contributed by atoms with Crippen LogP contribution in [0.25, 0.3) is 17.1 Å². The van der Waals surface area contributed by atoms with E-state index in [1.807, 2.05) is 35.8 Å². The molecule has 0 saturated carbocycles. The first kappa shape index (κ1) is 32.3. The molecule has 11 nitrogen and oxygen atoms in total. The molecular weight excluding hydrogens is 625 g/mol. The van der Waals surface area contributed by atoms with Crippen LogP contribution in [0.5, 0.6) is 5.75 Å². The lowest BCUT2D eigenvalue weighted by atomic mass is 10.1. The second-order valence-electron chi connectivity index (χ2n) is 10.2. The molecule has 0 radical (unpaired) electrons. The summed E-state index contributed by atoms with van der Waals surface area (Å²) in [7, 11) is -2.23. The van der Waals surface area contributed by atoms with E-state index in [0.717, 1.165) is 35.0 Å². The number of rotatable bonds is 11. The van der Waals surface area contributed by atoms with Gasteiger partial charge in [-0.2, -0.15) is 0 Å². The lowest BCUT2D eigenvalue weighted by Crippen LogP contribution is -2.42. The van der Waals surface area contributed by atoms with Gasteiger partial charge in [-0.25, -0.2) is 8.42 Å². The van der Waals surface area contributed by atoms with Crippen molar-refractivity contribution in [2.75, 3.05) is 17.6 Å². The predicted octanol–water partition coefficient (Wildman–Crippen LogP) is 5.17. The number of aromatic nitrogens is 3. The number of nitrogens with one attached hydrogen (secondary N) is 3. The van der Waals surface area contributed by atoms with Gasteiger partial charge in [-0.1, -0.05) is 48.5 Å². The molecule has 5 rings (SSSR count). The normalized spacial score (nSPS) is 11.1. The van der Waals surface area contributed by atoms with Crippen molar-refractivity contribution in [2.45, 2.75) is 30.3 Å². The van der Waals surface area contributed by atoms with Crippen molar-refractivity contribution in [3.05, 3.63) is 114 Å². The zero-order valence-corrected chi connectivity index (χ0v) is 27.0. The van der Waals surface area contributed by atoms with Crippen molar-refractivity contribution >= 4 is 39.3 Å². The Hall–Kier alpha value is -5.14. The molecule has 13 heteroatoms. The molecule has 0 saturated heterocycles. The minimum absolute atomic E-state index is 0.0478. The molecule has 1 heterocycles. The number of thioether (sulfide) groups is 1. The quantitative estimate of drug-likeness (QED) is 0.131. The standard InChI is InChI=1S/C33H32N6O5S2/c1-4-23-7-15-27(16-8-23)39-31(24-9-13-26(14-10-24)38-46(42,43)29-19-5-22(2)6-20-29)35-37-33(39)45-21-30(40)34-36-32(41)25-11-17-28(44-3)18-12-25/h5-20,38H,4,21H2,1-3H3,(H,34,40)(H,36,41). The highest BCUT2D eigenvalue weighted by atomic mass is 32.2. The number of amides is 2. The molecule has 3 N–H and O–H groups in total. The first-order chi connectivity index (χ1) is 22.2. The van der Waals surface area contributed by atoms with Gasteiger partial charge < -0.3 is 4.74 Å². The Morgan fingerprint density at radius 2 is 1.52 bits per heavy atom. The molecule has 0 aliphatic heterocycles. The number of hydrogen-bond donors (Lipinski definition) is 3. The lowest BCUT2D eigenvalue weighted by molar-refractivity contribution is -0.119. The number of anilines is 1. The Labute approximate surface area is 271 Å². The maximum absolute atomic E-state index is 12.9. The molecule has 236 valence electrons.